The van der Waals surface area contributed by atoms with Crippen LogP contribution in [-0.2, 0) is 4.74 Å². The van der Waals surface area contributed by atoms with Gasteiger partial charge in [0.15, 0.2) is 0 Å². The van der Waals surface area contributed by atoms with Crippen molar-refractivity contribution in [2.75, 3.05) is 25.1 Å². The summed E-state index contributed by atoms with van der Waals surface area (Å²) >= 11 is 0. The van der Waals surface area contributed by atoms with Gasteiger partial charge in [-0.1, -0.05) is 13.0 Å². The number of hydrogen-bond acceptors (Lipinski definition) is 4. The lowest BCUT2D eigenvalue weighted by Crippen LogP contribution is -2.46. The molecule has 4 nitrogen and oxygen atoms in total. The molecule has 0 radical (unpaired) electrons. The predicted octanol–water partition coefficient (Wildman–Crippen LogP) is 2.83. The van der Waals surface area contributed by atoms with Crippen molar-refractivity contribution in [3.8, 4) is 6.07 Å². The fraction of sp³-hybridized carbons (Fsp3) is 0.467. The monoisotopic (exact) mass is 294 g/mol. The topological polar surface area (TPSA) is 53.3 Å². The summed E-state index contributed by atoms with van der Waals surface area (Å²) in [6.45, 7) is 1.66. The molecule has 0 bridgehead atoms. The Balaban J connectivity index is 2.44. The number of ether oxygens (including phenoxy) is 1. The zero-order chi connectivity index (χ0) is 15.6. The van der Waals surface area contributed by atoms with Crippen LogP contribution in [0.5, 0.6) is 0 Å². The third-order valence-corrected chi connectivity index (χ3v) is 3.81. The average Bonchev–Trinajstić information content (AvgIpc) is 2.48. The number of rotatable bonds is 2. The molecule has 0 aliphatic carbocycles. The lowest BCUT2D eigenvalue weighted by atomic mass is 9.93. The van der Waals surface area contributed by atoms with E-state index in [1.165, 1.54) is 14.0 Å². The summed E-state index contributed by atoms with van der Waals surface area (Å²) in [7, 11) is 1.25. The Morgan fingerprint density at radius 2 is 2.24 bits per heavy atom. The van der Waals surface area contributed by atoms with Crippen molar-refractivity contribution >= 4 is 11.7 Å². The van der Waals surface area contributed by atoms with Crippen LogP contribution in [0, 0.1) is 17.2 Å². The van der Waals surface area contributed by atoms with E-state index in [1.54, 1.807) is 23.1 Å². The molecule has 0 saturated carbocycles. The number of hydrogen-bond donors (Lipinski definition) is 0. The van der Waals surface area contributed by atoms with Gasteiger partial charge < -0.3 is 9.64 Å². The molecule has 1 aliphatic heterocycles. The smallest absolute Gasteiger partial charge is 0.340 e. The van der Waals surface area contributed by atoms with E-state index in [4.69, 9.17) is 4.74 Å². The minimum Gasteiger partial charge on any atom is -0.465 e. The van der Waals surface area contributed by atoms with Crippen LogP contribution in [0.4, 0.5) is 14.5 Å². The Kier molecular flexibility index (Phi) is 4.12. The summed E-state index contributed by atoms with van der Waals surface area (Å²) in [4.78, 5) is 13.5. The first-order valence-corrected chi connectivity index (χ1v) is 6.65. The fourth-order valence-corrected chi connectivity index (χ4v) is 2.54. The van der Waals surface area contributed by atoms with E-state index < -0.39 is 17.8 Å². The molecule has 1 aliphatic rings. The van der Waals surface area contributed by atoms with Crippen LogP contribution in [0.15, 0.2) is 18.2 Å². The van der Waals surface area contributed by atoms with E-state index in [0.717, 1.165) is 0 Å². The van der Waals surface area contributed by atoms with Crippen LogP contribution >= 0.6 is 0 Å². The van der Waals surface area contributed by atoms with Crippen LogP contribution in [0.1, 0.15) is 29.3 Å². The Hall–Kier alpha value is -2.16. The second-order valence-electron chi connectivity index (χ2n) is 5.16. The number of nitrogens with zero attached hydrogens (tertiary/aromatic N) is 2. The summed E-state index contributed by atoms with van der Waals surface area (Å²) in [6.07, 6.45) is -0.297. The highest BCUT2D eigenvalue weighted by molar-refractivity contribution is 5.97. The lowest BCUT2D eigenvalue weighted by Gasteiger charge is -2.38. The van der Waals surface area contributed by atoms with E-state index in [1.807, 2.05) is 6.07 Å². The largest absolute Gasteiger partial charge is 0.465 e. The van der Waals surface area contributed by atoms with E-state index in [9.17, 15) is 18.8 Å². The van der Waals surface area contributed by atoms with Crippen molar-refractivity contribution in [1.82, 2.24) is 0 Å². The number of anilines is 1. The Morgan fingerprint density at radius 1 is 1.52 bits per heavy atom. The normalized spacial score (nSPS) is 20.7. The molecule has 0 spiro atoms. The number of piperidine rings is 1. The van der Waals surface area contributed by atoms with E-state index in [-0.39, 0.29) is 30.6 Å². The molecule has 1 unspecified atom stereocenters. The van der Waals surface area contributed by atoms with Gasteiger partial charge in [-0.25, -0.2) is 13.6 Å². The van der Waals surface area contributed by atoms with Crippen molar-refractivity contribution in [2.24, 2.45) is 5.92 Å². The number of carbonyl (C=O) groups excluding carboxylic acids is 1. The predicted molar refractivity (Wildman–Crippen MR) is 73.4 cm³/mol. The Bertz CT molecular complexity index is 596. The molecule has 0 amide bonds. The molecular formula is C15H16F2N2O2. The molecule has 1 atom stereocenters. The van der Waals surface area contributed by atoms with Gasteiger partial charge in [-0.2, -0.15) is 5.26 Å². The second-order valence-corrected chi connectivity index (χ2v) is 5.16. The van der Waals surface area contributed by atoms with Gasteiger partial charge in [-0.15, -0.1) is 0 Å². The molecule has 1 saturated heterocycles. The maximum Gasteiger partial charge on any atom is 0.340 e. The van der Waals surface area contributed by atoms with Crippen LogP contribution < -0.4 is 4.90 Å². The van der Waals surface area contributed by atoms with E-state index in [2.05, 4.69) is 0 Å². The minimum absolute atomic E-state index is 0.0929. The Labute approximate surface area is 121 Å². The van der Waals surface area contributed by atoms with Crippen LogP contribution in [0.2, 0.25) is 0 Å². The first-order chi connectivity index (χ1) is 9.90. The molecule has 1 aromatic rings. The molecular weight excluding hydrogens is 278 g/mol. The van der Waals surface area contributed by atoms with Gasteiger partial charge in [0, 0.05) is 25.4 Å². The summed E-state index contributed by atoms with van der Waals surface area (Å²) in [6, 6.07) is 6.70. The first kappa shape index (κ1) is 15.2. The third kappa shape index (κ3) is 2.82. The molecule has 21 heavy (non-hydrogen) atoms. The van der Waals surface area contributed by atoms with Gasteiger partial charge >= 0.3 is 5.97 Å². The number of benzene rings is 1. The van der Waals surface area contributed by atoms with Crippen molar-refractivity contribution in [2.45, 2.75) is 19.3 Å². The zero-order valence-electron chi connectivity index (χ0n) is 11.9. The first-order valence-electron chi connectivity index (χ1n) is 6.65. The molecule has 112 valence electrons. The quantitative estimate of drug-likeness (QED) is 0.787. The maximum atomic E-state index is 13.6. The number of alkyl halides is 2. The zero-order valence-corrected chi connectivity index (χ0v) is 11.9. The fourth-order valence-electron chi connectivity index (χ4n) is 2.54. The van der Waals surface area contributed by atoms with Crippen LogP contribution in [-0.4, -0.2) is 32.1 Å². The molecule has 0 aromatic heterocycles. The number of nitriles is 1. The maximum absolute atomic E-state index is 13.6. The Morgan fingerprint density at radius 3 is 2.81 bits per heavy atom. The van der Waals surface area contributed by atoms with Gasteiger partial charge in [0.2, 0.25) is 0 Å². The van der Waals surface area contributed by atoms with Crippen LogP contribution in [0.25, 0.3) is 0 Å². The SMILES string of the molecule is COC(=O)c1cccc(C#N)c1N1CCC(F)(F)C(C)C1. The number of esters is 1. The second kappa shape index (κ2) is 5.68. The molecule has 2 rings (SSSR count). The summed E-state index contributed by atoms with van der Waals surface area (Å²) in [5, 5.41) is 9.22. The number of para-hydroxylation sites is 1. The molecule has 1 heterocycles. The lowest BCUT2D eigenvalue weighted by molar-refractivity contribution is -0.0651. The molecule has 1 fully saturated rings. The highest BCUT2D eigenvalue weighted by atomic mass is 19.3. The summed E-state index contributed by atoms with van der Waals surface area (Å²) in [5.41, 5.74) is 0.901. The van der Waals surface area contributed by atoms with Crippen molar-refractivity contribution in [3.05, 3.63) is 29.3 Å². The van der Waals surface area contributed by atoms with Gasteiger partial charge in [-0.05, 0) is 12.1 Å². The van der Waals surface area contributed by atoms with Crippen LogP contribution in [0.3, 0.4) is 0 Å². The van der Waals surface area contributed by atoms with E-state index in [0.29, 0.717) is 5.69 Å². The average molecular weight is 294 g/mol. The summed E-state index contributed by atoms with van der Waals surface area (Å²) < 4.78 is 31.9. The number of methoxy groups -OCH3 is 1. The van der Waals surface area contributed by atoms with Crippen molar-refractivity contribution < 1.29 is 18.3 Å². The molecule has 6 heteroatoms. The van der Waals surface area contributed by atoms with Crippen molar-refractivity contribution in [3.63, 3.8) is 0 Å². The minimum atomic E-state index is -2.72. The molecule has 0 N–H and O–H groups in total. The standard InChI is InChI=1S/C15H16F2N2O2/c1-10-9-19(7-6-15(10,16)17)13-11(8-18)4-3-5-12(13)14(20)21-2/h3-5,10H,6-7,9H2,1-2H3. The van der Waals surface area contributed by atoms with Gasteiger partial charge in [0.25, 0.3) is 5.92 Å². The number of halogens is 2. The third-order valence-electron chi connectivity index (χ3n) is 3.81. The van der Waals surface area contributed by atoms with Gasteiger partial charge in [0.05, 0.1) is 23.9 Å². The highest BCUT2D eigenvalue weighted by Gasteiger charge is 2.42. The summed E-state index contributed by atoms with van der Waals surface area (Å²) in [5.74, 6) is -4.14. The van der Waals surface area contributed by atoms with Gasteiger partial charge in [0.1, 0.15) is 6.07 Å². The van der Waals surface area contributed by atoms with E-state index >= 15 is 0 Å². The van der Waals surface area contributed by atoms with Gasteiger partial charge in [-0.3, -0.25) is 0 Å². The van der Waals surface area contributed by atoms with Crippen molar-refractivity contribution in [1.29, 1.82) is 5.26 Å². The highest BCUT2D eigenvalue weighted by Crippen LogP contribution is 2.37. The number of carbonyl (C=O) groups is 1. The molecule has 1 aromatic carbocycles.